The molecular weight excluding hydrogens is 264 g/mol. The minimum Gasteiger partial charge on any atom is -0.326 e. The minimum atomic E-state index is 0.174. The predicted molar refractivity (Wildman–Crippen MR) is 91.2 cm³/mol. The molecule has 2 nitrogen and oxygen atoms in total. The van der Waals surface area contributed by atoms with Crippen molar-refractivity contribution in [3.8, 4) is 0 Å². The zero-order chi connectivity index (χ0) is 15.1. The second kappa shape index (κ2) is 8.81. The van der Waals surface area contributed by atoms with E-state index < -0.39 is 0 Å². The fraction of sp³-hybridized carbons (Fsp3) is 0.765. The van der Waals surface area contributed by atoms with Gasteiger partial charge in [-0.05, 0) is 56.1 Å². The van der Waals surface area contributed by atoms with Gasteiger partial charge in [0.2, 0.25) is 0 Å². The molecule has 1 aromatic heterocycles. The van der Waals surface area contributed by atoms with Crippen LogP contribution in [0.25, 0.3) is 0 Å². The Labute approximate surface area is 129 Å². The largest absolute Gasteiger partial charge is 0.326 e. The molecule has 1 rings (SSSR count). The molecule has 3 heteroatoms. The standard InChI is InChI=1S/C17H32N2S/c1-13(2)8-10-19(11-9-14(3)4)17(15(5)18)16-7-6-12-20-16/h6-7,12-15,17H,8-11,18H2,1-5H3. The van der Waals surface area contributed by atoms with Gasteiger partial charge >= 0.3 is 0 Å². The van der Waals surface area contributed by atoms with E-state index >= 15 is 0 Å². The van der Waals surface area contributed by atoms with Crippen LogP contribution < -0.4 is 5.73 Å². The Morgan fingerprint density at radius 2 is 1.60 bits per heavy atom. The number of hydrogen-bond donors (Lipinski definition) is 1. The molecule has 0 saturated carbocycles. The summed E-state index contributed by atoms with van der Waals surface area (Å²) >= 11 is 1.83. The van der Waals surface area contributed by atoms with E-state index in [0.29, 0.717) is 6.04 Å². The van der Waals surface area contributed by atoms with Crippen LogP contribution in [0.4, 0.5) is 0 Å². The second-order valence-electron chi connectivity index (χ2n) is 6.72. The maximum absolute atomic E-state index is 6.31. The fourth-order valence-corrected chi connectivity index (χ4v) is 3.44. The highest BCUT2D eigenvalue weighted by Crippen LogP contribution is 2.28. The van der Waals surface area contributed by atoms with Crippen LogP contribution in [-0.2, 0) is 0 Å². The molecule has 0 radical (unpaired) electrons. The van der Waals surface area contributed by atoms with E-state index in [2.05, 4.69) is 57.0 Å². The first kappa shape index (κ1) is 17.7. The first-order valence-electron chi connectivity index (χ1n) is 7.94. The normalized spacial score (nSPS) is 15.2. The molecule has 0 amide bonds. The van der Waals surface area contributed by atoms with Gasteiger partial charge in [0, 0.05) is 10.9 Å². The number of nitrogens with two attached hydrogens (primary N) is 1. The second-order valence-corrected chi connectivity index (χ2v) is 7.70. The third-order valence-corrected chi connectivity index (χ3v) is 4.66. The van der Waals surface area contributed by atoms with Crippen LogP contribution in [0.15, 0.2) is 17.5 Å². The lowest BCUT2D eigenvalue weighted by Gasteiger charge is -2.34. The van der Waals surface area contributed by atoms with Crippen LogP contribution in [0.2, 0.25) is 0 Å². The van der Waals surface area contributed by atoms with Crippen molar-refractivity contribution in [1.29, 1.82) is 0 Å². The van der Waals surface area contributed by atoms with Crippen LogP contribution >= 0.6 is 11.3 Å². The number of hydrogen-bond acceptors (Lipinski definition) is 3. The van der Waals surface area contributed by atoms with Gasteiger partial charge in [0.05, 0.1) is 6.04 Å². The molecule has 0 fully saturated rings. The van der Waals surface area contributed by atoms with Gasteiger partial charge in [0.15, 0.2) is 0 Å². The summed E-state index contributed by atoms with van der Waals surface area (Å²) in [5, 5.41) is 2.16. The Morgan fingerprint density at radius 3 is 1.95 bits per heavy atom. The Hall–Kier alpha value is -0.380. The summed E-state index contributed by atoms with van der Waals surface area (Å²) in [5.41, 5.74) is 6.31. The molecule has 1 heterocycles. The predicted octanol–water partition coefficient (Wildman–Crippen LogP) is 4.53. The third kappa shape index (κ3) is 5.94. The van der Waals surface area contributed by atoms with Gasteiger partial charge in [-0.3, -0.25) is 4.90 Å². The van der Waals surface area contributed by atoms with Crippen LogP contribution in [0.5, 0.6) is 0 Å². The highest BCUT2D eigenvalue weighted by Gasteiger charge is 2.24. The lowest BCUT2D eigenvalue weighted by atomic mass is 10.0. The van der Waals surface area contributed by atoms with E-state index in [4.69, 9.17) is 5.73 Å². The van der Waals surface area contributed by atoms with Crippen molar-refractivity contribution in [1.82, 2.24) is 4.90 Å². The van der Waals surface area contributed by atoms with E-state index in [1.165, 1.54) is 17.7 Å². The lowest BCUT2D eigenvalue weighted by molar-refractivity contribution is 0.161. The first-order chi connectivity index (χ1) is 9.41. The van der Waals surface area contributed by atoms with E-state index in [1.807, 2.05) is 11.3 Å². The topological polar surface area (TPSA) is 29.3 Å². The molecule has 0 aliphatic heterocycles. The van der Waals surface area contributed by atoms with Crippen molar-refractivity contribution in [2.45, 2.75) is 59.5 Å². The van der Waals surface area contributed by atoms with Crippen molar-refractivity contribution in [3.63, 3.8) is 0 Å². The fourth-order valence-electron chi connectivity index (χ4n) is 2.47. The van der Waals surface area contributed by atoms with Crippen LogP contribution in [-0.4, -0.2) is 24.0 Å². The Morgan fingerprint density at radius 1 is 1.05 bits per heavy atom. The molecule has 0 aromatic carbocycles. The highest BCUT2D eigenvalue weighted by molar-refractivity contribution is 7.10. The van der Waals surface area contributed by atoms with Crippen molar-refractivity contribution >= 4 is 11.3 Å². The molecule has 1 aromatic rings. The van der Waals surface area contributed by atoms with E-state index in [9.17, 15) is 0 Å². The van der Waals surface area contributed by atoms with Gasteiger partial charge in [-0.15, -0.1) is 11.3 Å². The first-order valence-corrected chi connectivity index (χ1v) is 8.82. The molecule has 0 aliphatic rings. The lowest BCUT2D eigenvalue weighted by Crippen LogP contribution is -2.40. The van der Waals surface area contributed by atoms with Crippen molar-refractivity contribution in [2.24, 2.45) is 17.6 Å². The van der Waals surface area contributed by atoms with E-state index in [0.717, 1.165) is 24.9 Å². The highest BCUT2D eigenvalue weighted by atomic mass is 32.1. The van der Waals surface area contributed by atoms with Crippen molar-refractivity contribution < 1.29 is 0 Å². The summed E-state index contributed by atoms with van der Waals surface area (Å²) in [6, 6.07) is 4.91. The van der Waals surface area contributed by atoms with Gasteiger partial charge in [0.25, 0.3) is 0 Å². The molecular formula is C17H32N2S. The van der Waals surface area contributed by atoms with Gasteiger partial charge in [-0.1, -0.05) is 33.8 Å². The Kier molecular flexibility index (Phi) is 7.78. The average Bonchev–Trinajstić information content (AvgIpc) is 2.84. The summed E-state index contributed by atoms with van der Waals surface area (Å²) in [4.78, 5) is 4.02. The average molecular weight is 297 g/mol. The number of rotatable bonds is 9. The molecule has 0 spiro atoms. The van der Waals surface area contributed by atoms with Crippen LogP contribution in [0.3, 0.4) is 0 Å². The number of thiophene rings is 1. The molecule has 0 bridgehead atoms. The third-order valence-electron chi connectivity index (χ3n) is 3.71. The van der Waals surface area contributed by atoms with Crippen LogP contribution in [0, 0.1) is 11.8 Å². The summed E-state index contributed by atoms with van der Waals surface area (Å²) in [7, 11) is 0. The zero-order valence-electron chi connectivity index (χ0n) is 13.8. The van der Waals surface area contributed by atoms with Gasteiger partial charge in [-0.2, -0.15) is 0 Å². The van der Waals surface area contributed by atoms with Gasteiger partial charge in [-0.25, -0.2) is 0 Å². The summed E-state index contributed by atoms with van der Waals surface area (Å²) < 4.78 is 0. The summed E-state index contributed by atoms with van der Waals surface area (Å²) in [5.74, 6) is 1.49. The maximum Gasteiger partial charge on any atom is 0.0590 e. The van der Waals surface area contributed by atoms with E-state index in [-0.39, 0.29) is 6.04 Å². The SMILES string of the molecule is CC(C)CCN(CCC(C)C)C(c1cccs1)C(C)N. The van der Waals surface area contributed by atoms with E-state index in [1.54, 1.807) is 0 Å². The summed E-state index contributed by atoms with van der Waals surface area (Å²) in [6.07, 6.45) is 2.49. The summed E-state index contributed by atoms with van der Waals surface area (Å²) in [6.45, 7) is 13.6. The molecule has 0 aliphatic carbocycles. The Bertz CT molecular complexity index is 332. The van der Waals surface area contributed by atoms with Gasteiger partial charge < -0.3 is 5.73 Å². The van der Waals surface area contributed by atoms with Gasteiger partial charge in [0.1, 0.15) is 0 Å². The van der Waals surface area contributed by atoms with Crippen LogP contribution in [0.1, 0.15) is 58.4 Å². The molecule has 0 saturated heterocycles. The smallest absolute Gasteiger partial charge is 0.0590 e. The molecule has 2 atom stereocenters. The Balaban J connectivity index is 2.80. The number of nitrogens with zero attached hydrogens (tertiary/aromatic N) is 1. The minimum absolute atomic E-state index is 0.174. The zero-order valence-corrected chi connectivity index (χ0v) is 14.6. The van der Waals surface area contributed by atoms with Crippen molar-refractivity contribution in [2.75, 3.05) is 13.1 Å². The van der Waals surface area contributed by atoms with Crippen molar-refractivity contribution in [3.05, 3.63) is 22.4 Å². The molecule has 116 valence electrons. The molecule has 2 N–H and O–H groups in total. The molecule has 2 unspecified atom stereocenters. The quantitative estimate of drug-likeness (QED) is 0.725. The monoisotopic (exact) mass is 296 g/mol. The molecule has 20 heavy (non-hydrogen) atoms. The maximum atomic E-state index is 6.31.